The standard InChI is InChI=1S/C10H18N4O/c1-7-8(5-12-14(7)4)9(15)13-10(2,3)6-11/h5H,6,11H2,1-4H3,(H,13,15). The van der Waals surface area contributed by atoms with Crippen LogP contribution >= 0.6 is 0 Å². The molecule has 1 heterocycles. The summed E-state index contributed by atoms with van der Waals surface area (Å²) in [5.41, 5.74) is 6.59. The molecular weight excluding hydrogens is 192 g/mol. The molecule has 1 aromatic heterocycles. The van der Waals surface area contributed by atoms with Gasteiger partial charge in [0.05, 0.1) is 11.8 Å². The number of nitrogens with one attached hydrogen (secondary N) is 1. The lowest BCUT2D eigenvalue weighted by Crippen LogP contribution is -2.48. The number of rotatable bonds is 3. The molecule has 5 heteroatoms. The molecule has 3 N–H and O–H groups in total. The van der Waals surface area contributed by atoms with Crippen LogP contribution in [0.1, 0.15) is 29.9 Å². The zero-order chi connectivity index (χ0) is 11.6. The molecule has 0 aliphatic carbocycles. The van der Waals surface area contributed by atoms with E-state index in [0.29, 0.717) is 12.1 Å². The van der Waals surface area contributed by atoms with Crippen molar-refractivity contribution in [2.75, 3.05) is 6.54 Å². The van der Waals surface area contributed by atoms with Gasteiger partial charge in [0.15, 0.2) is 0 Å². The number of carbonyl (C=O) groups is 1. The Morgan fingerprint density at radius 1 is 1.67 bits per heavy atom. The Hall–Kier alpha value is -1.36. The molecule has 0 radical (unpaired) electrons. The van der Waals surface area contributed by atoms with Crippen molar-refractivity contribution in [3.8, 4) is 0 Å². The van der Waals surface area contributed by atoms with Crippen molar-refractivity contribution < 1.29 is 4.79 Å². The molecule has 5 nitrogen and oxygen atoms in total. The first-order chi connectivity index (χ1) is 6.87. The van der Waals surface area contributed by atoms with Crippen LogP contribution in [0.25, 0.3) is 0 Å². The van der Waals surface area contributed by atoms with E-state index in [9.17, 15) is 4.79 Å². The van der Waals surface area contributed by atoms with Crippen LogP contribution < -0.4 is 11.1 Å². The Morgan fingerprint density at radius 3 is 2.67 bits per heavy atom. The molecule has 0 bridgehead atoms. The number of nitrogens with two attached hydrogens (primary N) is 1. The molecule has 1 rings (SSSR count). The molecule has 15 heavy (non-hydrogen) atoms. The molecule has 0 aromatic carbocycles. The summed E-state index contributed by atoms with van der Waals surface area (Å²) in [6, 6.07) is 0. The SMILES string of the molecule is Cc1c(C(=O)NC(C)(C)CN)cnn1C. The van der Waals surface area contributed by atoms with Gasteiger partial charge < -0.3 is 11.1 Å². The average Bonchev–Trinajstić information content (AvgIpc) is 2.47. The largest absolute Gasteiger partial charge is 0.346 e. The third-order valence-electron chi connectivity index (χ3n) is 2.44. The van der Waals surface area contributed by atoms with Gasteiger partial charge >= 0.3 is 0 Å². The van der Waals surface area contributed by atoms with Gasteiger partial charge in [-0.25, -0.2) is 0 Å². The van der Waals surface area contributed by atoms with Crippen molar-refractivity contribution in [2.45, 2.75) is 26.3 Å². The lowest BCUT2D eigenvalue weighted by molar-refractivity contribution is 0.0915. The van der Waals surface area contributed by atoms with Gasteiger partial charge in [-0.15, -0.1) is 0 Å². The number of nitrogens with zero attached hydrogens (tertiary/aromatic N) is 2. The molecule has 0 fully saturated rings. The monoisotopic (exact) mass is 210 g/mol. The van der Waals surface area contributed by atoms with Crippen LogP contribution in [0.3, 0.4) is 0 Å². The second kappa shape index (κ2) is 4.02. The van der Waals surface area contributed by atoms with Crippen LogP contribution in [0.5, 0.6) is 0 Å². The van der Waals surface area contributed by atoms with Crippen LogP contribution in [0.2, 0.25) is 0 Å². The molecular formula is C10H18N4O. The predicted octanol–water partition coefficient (Wildman–Crippen LogP) is 0.196. The maximum Gasteiger partial charge on any atom is 0.255 e. The Bertz CT molecular complexity index is 367. The van der Waals surface area contributed by atoms with Crippen LogP contribution in [0.15, 0.2) is 6.20 Å². The zero-order valence-electron chi connectivity index (χ0n) is 9.66. The van der Waals surface area contributed by atoms with Gasteiger partial charge in [0.25, 0.3) is 5.91 Å². The maximum absolute atomic E-state index is 11.8. The maximum atomic E-state index is 11.8. The fourth-order valence-electron chi connectivity index (χ4n) is 1.15. The predicted molar refractivity (Wildman–Crippen MR) is 58.5 cm³/mol. The highest BCUT2D eigenvalue weighted by Crippen LogP contribution is 2.08. The summed E-state index contributed by atoms with van der Waals surface area (Å²) in [4.78, 5) is 11.8. The zero-order valence-corrected chi connectivity index (χ0v) is 9.66. The highest BCUT2D eigenvalue weighted by molar-refractivity contribution is 5.95. The number of carbonyl (C=O) groups excluding carboxylic acids is 1. The van der Waals surface area contributed by atoms with Crippen LogP contribution in [0, 0.1) is 6.92 Å². The number of aryl methyl sites for hydroxylation is 1. The van der Waals surface area contributed by atoms with Crippen LogP contribution in [-0.2, 0) is 7.05 Å². The minimum absolute atomic E-state index is 0.129. The normalized spacial score (nSPS) is 11.5. The van der Waals surface area contributed by atoms with Gasteiger partial charge in [-0.2, -0.15) is 5.10 Å². The molecule has 0 unspecified atom stereocenters. The molecule has 0 saturated heterocycles. The summed E-state index contributed by atoms with van der Waals surface area (Å²) in [5.74, 6) is -0.129. The van der Waals surface area contributed by atoms with E-state index in [1.165, 1.54) is 0 Å². The summed E-state index contributed by atoms with van der Waals surface area (Å²) in [7, 11) is 1.81. The summed E-state index contributed by atoms with van der Waals surface area (Å²) >= 11 is 0. The van der Waals surface area contributed by atoms with E-state index >= 15 is 0 Å². The fraction of sp³-hybridized carbons (Fsp3) is 0.600. The first kappa shape index (κ1) is 11.7. The minimum atomic E-state index is -0.390. The molecule has 0 aliphatic rings. The quantitative estimate of drug-likeness (QED) is 0.748. The third-order valence-corrected chi connectivity index (χ3v) is 2.44. The first-order valence-electron chi connectivity index (χ1n) is 4.88. The molecule has 1 amide bonds. The molecule has 0 spiro atoms. The number of amides is 1. The summed E-state index contributed by atoms with van der Waals surface area (Å²) < 4.78 is 1.67. The Morgan fingerprint density at radius 2 is 2.27 bits per heavy atom. The van der Waals surface area contributed by atoms with E-state index < -0.39 is 0 Å². The molecule has 84 valence electrons. The van der Waals surface area contributed by atoms with Gasteiger partial charge in [-0.1, -0.05) is 0 Å². The number of hydrogen-bond donors (Lipinski definition) is 2. The van der Waals surface area contributed by atoms with Gasteiger partial charge in [0.1, 0.15) is 0 Å². The van der Waals surface area contributed by atoms with Crippen molar-refractivity contribution in [1.29, 1.82) is 0 Å². The number of aromatic nitrogens is 2. The lowest BCUT2D eigenvalue weighted by Gasteiger charge is -2.23. The lowest BCUT2D eigenvalue weighted by atomic mass is 10.1. The first-order valence-corrected chi connectivity index (χ1v) is 4.88. The molecule has 1 aromatic rings. The molecule has 0 saturated carbocycles. The number of hydrogen-bond acceptors (Lipinski definition) is 3. The van der Waals surface area contributed by atoms with E-state index in [-0.39, 0.29) is 11.4 Å². The second-order valence-corrected chi connectivity index (χ2v) is 4.31. The van der Waals surface area contributed by atoms with Crippen molar-refractivity contribution in [1.82, 2.24) is 15.1 Å². The van der Waals surface area contributed by atoms with Gasteiger partial charge in [-0.3, -0.25) is 9.48 Å². The van der Waals surface area contributed by atoms with E-state index in [0.717, 1.165) is 5.69 Å². The van der Waals surface area contributed by atoms with E-state index in [1.807, 2.05) is 20.8 Å². The average molecular weight is 210 g/mol. The van der Waals surface area contributed by atoms with Crippen LogP contribution in [0.4, 0.5) is 0 Å². The minimum Gasteiger partial charge on any atom is -0.346 e. The van der Waals surface area contributed by atoms with Crippen molar-refractivity contribution >= 4 is 5.91 Å². The Kier molecular flexibility index (Phi) is 3.14. The topological polar surface area (TPSA) is 72.9 Å². The van der Waals surface area contributed by atoms with Crippen molar-refractivity contribution in [2.24, 2.45) is 12.8 Å². The summed E-state index contributed by atoms with van der Waals surface area (Å²) in [6.45, 7) is 6.03. The van der Waals surface area contributed by atoms with Gasteiger partial charge in [0.2, 0.25) is 0 Å². The van der Waals surface area contributed by atoms with E-state index in [4.69, 9.17) is 5.73 Å². The fourth-order valence-corrected chi connectivity index (χ4v) is 1.15. The Balaban J connectivity index is 2.83. The highest BCUT2D eigenvalue weighted by Gasteiger charge is 2.21. The summed E-state index contributed by atoms with van der Waals surface area (Å²) in [6.07, 6.45) is 1.57. The molecule has 0 aliphatic heterocycles. The highest BCUT2D eigenvalue weighted by atomic mass is 16.1. The van der Waals surface area contributed by atoms with Crippen molar-refractivity contribution in [3.05, 3.63) is 17.5 Å². The van der Waals surface area contributed by atoms with E-state index in [2.05, 4.69) is 10.4 Å². The van der Waals surface area contributed by atoms with Gasteiger partial charge in [-0.05, 0) is 20.8 Å². The van der Waals surface area contributed by atoms with Crippen molar-refractivity contribution in [3.63, 3.8) is 0 Å². The molecule has 0 atom stereocenters. The Labute approximate surface area is 89.6 Å². The van der Waals surface area contributed by atoms with E-state index in [1.54, 1.807) is 17.9 Å². The van der Waals surface area contributed by atoms with Gasteiger partial charge in [0, 0.05) is 24.8 Å². The second-order valence-electron chi connectivity index (χ2n) is 4.31. The third kappa shape index (κ3) is 2.56. The summed E-state index contributed by atoms with van der Waals surface area (Å²) in [5, 5.41) is 6.88. The van der Waals surface area contributed by atoms with Crippen LogP contribution in [-0.4, -0.2) is 27.8 Å². The smallest absolute Gasteiger partial charge is 0.255 e.